The van der Waals surface area contributed by atoms with E-state index in [0.29, 0.717) is 10.0 Å². The van der Waals surface area contributed by atoms with Crippen molar-refractivity contribution in [2.75, 3.05) is 0 Å². The van der Waals surface area contributed by atoms with Gasteiger partial charge in [-0.15, -0.1) is 6.58 Å². The third kappa shape index (κ3) is 2.74. The fourth-order valence-corrected chi connectivity index (χ4v) is 1.98. The largest absolute Gasteiger partial charge is 0.324 e. The molecule has 1 nitrogen and oxygen atoms in total. The molecule has 0 aliphatic rings. The zero-order chi connectivity index (χ0) is 10.6. The summed E-state index contributed by atoms with van der Waals surface area (Å²) in [6.45, 7) is 3.65. The van der Waals surface area contributed by atoms with Crippen LogP contribution < -0.4 is 5.73 Å². The van der Waals surface area contributed by atoms with Gasteiger partial charge in [0.15, 0.2) is 0 Å². The van der Waals surface area contributed by atoms with Crippen molar-refractivity contribution >= 4 is 23.2 Å². The average Bonchev–Trinajstić information content (AvgIpc) is 2.14. The summed E-state index contributed by atoms with van der Waals surface area (Å²) in [4.78, 5) is 0. The molecule has 0 aliphatic heterocycles. The van der Waals surface area contributed by atoms with Crippen LogP contribution >= 0.6 is 23.2 Å². The van der Waals surface area contributed by atoms with Crippen LogP contribution in [0.2, 0.25) is 10.0 Å². The van der Waals surface area contributed by atoms with E-state index in [2.05, 4.69) is 6.58 Å². The van der Waals surface area contributed by atoms with Gasteiger partial charge in [-0.1, -0.05) is 35.3 Å². The van der Waals surface area contributed by atoms with Crippen molar-refractivity contribution in [1.29, 1.82) is 0 Å². The van der Waals surface area contributed by atoms with Crippen molar-refractivity contribution in [3.05, 3.63) is 46.5 Å². The van der Waals surface area contributed by atoms with Gasteiger partial charge in [-0.3, -0.25) is 0 Å². The van der Waals surface area contributed by atoms with Crippen molar-refractivity contribution in [3.63, 3.8) is 0 Å². The van der Waals surface area contributed by atoms with E-state index in [9.17, 15) is 0 Å². The van der Waals surface area contributed by atoms with Gasteiger partial charge in [0.25, 0.3) is 0 Å². The monoisotopic (exact) mass is 229 g/mol. The molecule has 1 atom stereocenters. The molecular formula is C11H13Cl2N. The lowest BCUT2D eigenvalue weighted by atomic mass is 10.0. The second-order valence-corrected chi connectivity index (χ2v) is 3.92. The van der Waals surface area contributed by atoms with Gasteiger partial charge in [0.2, 0.25) is 0 Å². The highest BCUT2D eigenvalue weighted by molar-refractivity contribution is 6.36. The van der Waals surface area contributed by atoms with Gasteiger partial charge in [0.05, 0.1) is 0 Å². The minimum Gasteiger partial charge on any atom is -0.324 e. The van der Waals surface area contributed by atoms with E-state index in [4.69, 9.17) is 28.9 Å². The summed E-state index contributed by atoms with van der Waals surface area (Å²) in [5, 5.41) is 1.27. The molecular weight excluding hydrogens is 217 g/mol. The van der Waals surface area contributed by atoms with E-state index in [1.54, 1.807) is 12.1 Å². The molecule has 0 saturated carbocycles. The van der Waals surface area contributed by atoms with Crippen LogP contribution in [0.25, 0.3) is 0 Å². The van der Waals surface area contributed by atoms with E-state index in [1.807, 2.05) is 12.1 Å². The molecule has 76 valence electrons. The van der Waals surface area contributed by atoms with Crippen LogP contribution in [0.4, 0.5) is 0 Å². The molecule has 2 N–H and O–H groups in total. The number of allylic oxidation sites excluding steroid dienone is 1. The number of halogens is 2. The first-order valence-electron chi connectivity index (χ1n) is 4.47. The van der Waals surface area contributed by atoms with Gasteiger partial charge in [-0.25, -0.2) is 0 Å². The first-order chi connectivity index (χ1) is 6.66. The molecule has 1 aromatic rings. The lowest BCUT2D eigenvalue weighted by Crippen LogP contribution is -2.10. The number of benzene rings is 1. The minimum absolute atomic E-state index is 0.116. The molecule has 0 radical (unpaired) electrons. The molecule has 0 unspecified atom stereocenters. The highest BCUT2D eigenvalue weighted by Crippen LogP contribution is 2.30. The van der Waals surface area contributed by atoms with Crippen LogP contribution in [0, 0.1) is 0 Å². The summed E-state index contributed by atoms with van der Waals surface area (Å²) in [5.41, 5.74) is 6.80. The Labute approximate surface area is 94.5 Å². The van der Waals surface area contributed by atoms with Crippen LogP contribution in [-0.4, -0.2) is 0 Å². The summed E-state index contributed by atoms with van der Waals surface area (Å²) in [7, 11) is 0. The predicted molar refractivity (Wildman–Crippen MR) is 62.8 cm³/mol. The fourth-order valence-electron chi connectivity index (χ4n) is 1.31. The van der Waals surface area contributed by atoms with Crippen molar-refractivity contribution in [3.8, 4) is 0 Å². The summed E-state index contributed by atoms with van der Waals surface area (Å²) in [6.07, 6.45) is 3.51. The number of rotatable bonds is 4. The zero-order valence-electron chi connectivity index (χ0n) is 7.84. The lowest BCUT2D eigenvalue weighted by molar-refractivity contribution is 0.662. The fraction of sp³-hybridized carbons (Fsp3) is 0.273. The van der Waals surface area contributed by atoms with E-state index in [-0.39, 0.29) is 6.04 Å². The summed E-state index contributed by atoms with van der Waals surface area (Å²) in [6, 6.07) is 5.30. The maximum Gasteiger partial charge on any atom is 0.0468 e. The van der Waals surface area contributed by atoms with E-state index >= 15 is 0 Å². The van der Waals surface area contributed by atoms with Crippen LogP contribution in [0.1, 0.15) is 24.4 Å². The van der Waals surface area contributed by atoms with Crippen LogP contribution in [0.5, 0.6) is 0 Å². The smallest absolute Gasteiger partial charge is 0.0468 e. The highest BCUT2D eigenvalue weighted by atomic mass is 35.5. The van der Waals surface area contributed by atoms with E-state index in [1.165, 1.54) is 0 Å². The SMILES string of the molecule is C=CCC[C@@H](N)c1c(Cl)cccc1Cl. The standard InChI is InChI=1S/C11H13Cl2N/c1-2-3-7-10(14)11-8(12)5-4-6-9(11)13/h2,4-6,10H,1,3,7,14H2/t10-/m1/s1. The van der Waals surface area contributed by atoms with Crippen LogP contribution in [0.15, 0.2) is 30.9 Å². The predicted octanol–water partition coefficient (Wildman–Crippen LogP) is 3.96. The molecule has 0 spiro atoms. The van der Waals surface area contributed by atoms with Crippen molar-refractivity contribution in [2.24, 2.45) is 5.73 Å². The molecule has 0 heterocycles. The number of nitrogens with two attached hydrogens (primary N) is 1. The minimum atomic E-state index is -0.116. The Bertz CT molecular complexity index is 303. The quantitative estimate of drug-likeness (QED) is 0.778. The Kier molecular flexibility index (Phi) is 4.46. The van der Waals surface area contributed by atoms with Crippen molar-refractivity contribution < 1.29 is 0 Å². The first kappa shape index (κ1) is 11.6. The molecule has 0 bridgehead atoms. The highest BCUT2D eigenvalue weighted by Gasteiger charge is 2.12. The Hall–Kier alpha value is -0.500. The summed E-state index contributed by atoms with van der Waals surface area (Å²) >= 11 is 12.0. The summed E-state index contributed by atoms with van der Waals surface area (Å²) < 4.78 is 0. The lowest BCUT2D eigenvalue weighted by Gasteiger charge is -2.14. The maximum atomic E-state index is 6.01. The number of hydrogen-bond donors (Lipinski definition) is 1. The van der Waals surface area contributed by atoms with E-state index < -0.39 is 0 Å². The average molecular weight is 230 g/mol. The van der Waals surface area contributed by atoms with Crippen molar-refractivity contribution in [1.82, 2.24) is 0 Å². The first-order valence-corrected chi connectivity index (χ1v) is 5.22. The van der Waals surface area contributed by atoms with Gasteiger partial charge in [0.1, 0.15) is 0 Å². The Balaban J connectivity index is 2.87. The van der Waals surface area contributed by atoms with Crippen LogP contribution in [-0.2, 0) is 0 Å². The third-order valence-electron chi connectivity index (χ3n) is 2.05. The van der Waals surface area contributed by atoms with Gasteiger partial charge >= 0.3 is 0 Å². The zero-order valence-corrected chi connectivity index (χ0v) is 9.35. The molecule has 0 aromatic heterocycles. The van der Waals surface area contributed by atoms with Crippen LogP contribution in [0.3, 0.4) is 0 Å². The molecule has 0 aliphatic carbocycles. The van der Waals surface area contributed by atoms with Gasteiger partial charge in [-0.2, -0.15) is 0 Å². The molecule has 14 heavy (non-hydrogen) atoms. The molecule has 1 rings (SSSR count). The molecule has 0 saturated heterocycles. The maximum absolute atomic E-state index is 6.01. The summed E-state index contributed by atoms with van der Waals surface area (Å²) in [5.74, 6) is 0. The third-order valence-corrected chi connectivity index (χ3v) is 2.71. The molecule has 0 amide bonds. The second kappa shape index (κ2) is 5.40. The Morgan fingerprint density at radius 2 is 1.93 bits per heavy atom. The van der Waals surface area contributed by atoms with Crippen molar-refractivity contribution in [2.45, 2.75) is 18.9 Å². The van der Waals surface area contributed by atoms with Gasteiger partial charge in [-0.05, 0) is 25.0 Å². The van der Waals surface area contributed by atoms with Gasteiger partial charge in [0, 0.05) is 21.7 Å². The second-order valence-electron chi connectivity index (χ2n) is 3.11. The molecule has 0 fully saturated rings. The van der Waals surface area contributed by atoms with Gasteiger partial charge < -0.3 is 5.73 Å². The van der Waals surface area contributed by atoms with E-state index in [0.717, 1.165) is 18.4 Å². The molecule has 3 heteroatoms. The molecule has 1 aromatic carbocycles. The Morgan fingerprint density at radius 3 is 2.43 bits per heavy atom. The Morgan fingerprint density at radius 1 is 1.36 bits per heavy atom. The normalized spacial score (nSPS) is 12.5. The topological polar surface area (TPSA) is 26.0 Å². The number of hydrogen-bond acceptors (Lipinski definition) is 1.